The van der Waals surface area contributed by atoms with Crippen LogP contribution in [0.4, 0.5) is 0 Å². The van der Waals surface area contributed by atoms with Gasteiger partial charge in [0.1, 0.15) is 5.60 Å². The van der Waals surface area contributed by atoms with Crippen LogP contribution >= 0.6 is 0 Å². The Morgan fingerprint density at radius 2 is 1.76 bits per heavy atom. The van der Waals surface area contributed by atoms with Gasteiger partial charge in [-0.25, -0.2) is 0 Å². The van der Waals surface area contributed by atoms with Gasteiger partial charge in [0, 0.05) is 44.2 Å². The van der Waals surface area contributed by atoms with Crippen LogP contribution in [0.15, 0.2) is 30.3 Å². The summed E-state index contributed by atoms with van der Waals surface area (Å²) in [6, 6.07) is 10.1. The molecule has 0 radical (unpaired) electrons. The molecule has 2 aliphatic rings. The van der Waals surface area contributed by atoms with Crippen molar-refractivity contribution < 1.29 is 5.11 Å². The second-order valence-electron chi connectivity index (χ2n) is 7.79. The van der Waals surface area contributed by atoms with E-state index in [4.69, 9.17) is 0 Å². The lowest BCUT2D eigenvalue weighted by molar-refractivity contribution is -0.00538. The molecule has 25 heavy (non-hydrogen) atoms. The van der Waals surface area contributed by atoms with Crippen LogP contribution in [-0.4, -0.2) is 60.3 Å². The van der Waals surface area contributed by atoms with Crippen LogP contribution in [-0.2, 0) is 0 Å². The molecule has 3 heteroatoms. The van der Waals surface area contributed by atoms with Gasteiger partial charge in [-0.3, -0.25) is 0 Å². The summed E-state index contributed by atoms with van der Waals surface area (Å²) in [6.45, 7) is 5.44. The van der Waals surface area contributed by atoms with Crippen molar-refractivity contribution in [3.05, 3.63) is 35.9 Å². The first-order valence-electron chi connectivity index (χ1n) is 9.87. The minimum absolute atomic E-state index is 0.257. The highest BCUT2D eigenvalue weighted by molar-refractivity contribution is 5.36. The first-order chi connectivity index (χ1) is 12.2. The molecule has 0 aromatic heterocycles. The maximum Gasteiger partial charge on any atom is 0.129 e. The maximum absolute atomic E-state index is 11.5. The fourth-order valence-electron chi connectivity index (χ4n) is 4.03. The third-order valence-corrected chi connectivity index (χ3v) is 5.81. The standard InChI is InChI=1S/C22H32N2O/c1-23-15-17-24(18-16-23)19-21-11-7-2-3-8-13-22(21,25)14-12-20-9-5-4-6-10-20/h4-6,9-10,21,25H,2-3,7-8,11,13,15-19H2,1H3. The van der Waals surface area contributed by atoms with Gasteiger partial charge in [-0.1, -0.05) is 49.3 Å². The molecule has 1 aromatic rings. The van der Waals surface area contributed by atoms with Crippen molar-refractivity contribution in [3.63, 3.8) is 0 Å². The van der Waals surface area contributed by atoms with E-state index in [9.17, 15) is 5.11 Å². The van der Waals surface area contributed by atoms with Crippen molar-refractivity contribution in [2.75, 3.05) is 39.8 Å². The molecule has 1 heterocycles. The Labute approximate surface area is 153 Å². The van der Waals surface area contributed by atoms with E-state index in [-0.39, 0.29) is 5.92 Å². The summed E-state index contributed by atoms with van der Waals surface area (Å²) in [5.41, 5.74) is 0.149. The van der Waals surface area contributed by atoms with Crippen molar-refractivity contribution in [3.8, 4) is 11.8 Å². The number of piperazine rings is 1. The largest absolute Gasteiger partial charge is 0.377 e. The van der Waals surface area contributed by atoms with E-state index in [1.54, 1.807) is 0 Å². The lowest BCUT2D eigenvalue weighted by Crippen LogP contribution is -2.50. The lowest BCUT2D eigenvalue weighted by Gasteiger charge is -2.40. The van der Waals surface area contributed by atoms with Gasteiger partial charge in [-0.05, 0) is 38.4 Å². The van der Waals surface area contributed by atoms with Gasteiger partial charge >= 0.3 is 0 Å². The van der Waals surface area contributed by atoms with Gasteiger partial charge in [0.15, 0.2) is 0 Å². The highest BCUT2D eigenvalue weighted by Crippen LogP contribution is 2.32. The predicted octanol–water partition coefficient (Wildman–Crippen LogP) is 2.99. The van der Waals surface area contributed by atoms with Crippen molar-refractivity contribution >= 4 is 0 Å². The minimum atomic E-state index is -0.848. The van der Waals surface area contributed by atoms with Crippen LogP contribution < -0.4 is 0 Å². The van der Waals surface area contributed by atoms with E-state index >= 15 is 0 Å². The number of aliphatic hydroxyl groups is 1. The van der Waals surface area contributed by atoms with Crippen molar-refractivity contribution in [2.45, 2.75) is 44.1 Å². The van der Waals surface area contributed by atoms with Gasteiger partial charge in [-0.15, -0.1) is 0 Å². The molecule has 0 amide bonds. The summed E-state index contributed by atoms with van der Waals surface area (Å²) >= 11 is 0. The third kappa shape index (κ3) is 5.31. The molecule has 1 aliphatic heterocycles. The Morgan fingerprint density at radius 1 is 1.04 bits per heavy atom. The molecule has 2 atom stereocenters. The van der Waals surface area contributed by atoms with Crippen LogP contribution in [0.25, 0.3) is 0 Å². The molecule has 2 unspecified atom stereocenters. The number of hydrogen-bond donors (Lipinski definition) is 1. The topological polar surface area (TPSA) is 26.7 Å². The smallest absolute Gasteiger partial charge is 0.129 e. The highest BCUT2D eigenvalue weighted by atomic mass is 16.3. The van der Waals surface area contributed by atoms with Gasteiger partial charge in [0.2, 0.25) is 0 Å². The number of hydrogen-bond acceptors (Lipinski definition) is 3. The van der Waals surface area contributed by atoms with Crippen LogP contribution in [0.5, 0.6) is 0 Å². The Hall–Kier alpha value is -1.34. The van der Waals surface area contributed by atoms with Crippen LogP contribution in [0.1, 0.15) is 44.1 Å². The predicted molar refractivity (Wildman–Crippen MR) is 103 cm³/mol. The van der Waals surface area contributed by atoms with Crippen molar-refractivity contribution in [1.82, 2.24) is 9.80 Å². The Kier molecular flexibility index (Phi) is 6.53. The monoisotopic (exact) mass is 340 g/mol. The zero-order valence-electron chi connectivity index (χ0n) is 15.6. The summed E-state index contributed by atoms with van der Waals surface area (Å²) in [7, 11) is 2.19. The van der Waals surface area contributed by atoms with Crippen LogP contribution in [0.3, 0.4) is 0 Å². The molecule has 1 N–H and O–H groups in total. The van der Waals surface area contributed by atoms with E-state index in [2.05, 4.69) is 28.7 Å². The van der Waals surface area contributed by atoms with Crippen molar-refractivity contribution in [2.24, 2.45) is 5.92 Å². The number of likely N-dealkylation sites (N-methyl/N-ethyl adjacent to an activating group) is 1. The first-order valence-corrected chi connectivity index (χ1v) is 9.87. The Bertz CT molecular complexity index is 583. The summed E-state index contributed by atoms with van der Waals surface area (Å²) in [4.78, 5) is 4.91. The number of nitrogens with zero attached hydrogens (tertiary/aromatic N) is 2. The molecule has 1 aromatic carbocycles. The van der Waals surface area contributed by atoms with Gasteiger partial charge in [0.05, 0.1) is 0 Å². The normalized spacial score (nSPS) is 29.3. The van der Waals surface area contributed by atoms with Gasteiger partial charge < -0.3 is 14.9 Å². The van der Waals surface area contributed by atoms with Gasteiger partial charge in [-0.2, -0.15) is 0 Å². The molecule has 3 rings (SSSR count). The molecule has 1 saturated carbocycles. The number of rotatable bonds is 2. The zero-order chi connectivity index (χ0) is 17.5. The lowest BCUT2D eigenvalue weighted by atomic mass is 9.77. The zero-order valence-corrected chi connectivity index (χ0v) is 15.6. The SMILES string of the molecule is CN1CCN(CC2CCCCCCC2(O)C#Cc2ccccc2)CC1. The van der Waals surface area contributed by atoms with Crippen LogP contribution in [0, 0.1) is 17.8 Å². The third-order valence-electron chi connectivity index (χ3n) is 5.81. The Balaban J connectivity index is 1.74. The van der Waals surface area contributed by atoms with E-state index < -0.39 is 5.60 Å². The van der Waals surface area contributed by atoms with Crippen LogP contribution in [0.2, 0.25) is 0 Å². The molecule has 1 aliphatic carbocycles. The van der Waals surface area contributed by atoms with E-state index in [1.807, 2.05) is 30.3 Å². The van der Waals surface area contributed by atoms with Gasteiger partial charge in [0.25, 0.3) is 0 Å². The average molecular weight is 341 g/mol. The second kappa shape index (κ2) is 8.85. The van der Waals surface area contributed by atoms with E-state index in [1.165, 1.54) is 19.3 Å². The summed E-state index contributed by atoms with van der Waals surface area (Å²) in [5, 5.41) is 11.5. The first kappa shape index (κ1) is 18.5. The molecule has 1 saturated heterocycles. The van der Waals surface area contributed by atoms with E-state index in [0.29, 0.717) is 0 Å². The molecule has 2 fully saturated rings. The molecule has 0 bridgehead atoms. The van der Waals surface area contributed by atoms with Crippen molar-refractivity contribution in [1.29, 1.82) is 0 Å². The summed E-state index contributed by atoms with van der Waals surface area (Å²) < 4.78 is 0. The fourth-order valence-corrected chi connectivity index (χ4v) is 4.03. The molecular weight excluding hydrogens is 308 g/mol. The minimum Gasteiger partial charge on any atom is -0.377 e. The molecular formula is C22H32N2O. The van der Waals surface area contributed by atoms with E-state index in [0.717, 1.165) is 57.5 Å². The number of benzene rings is 1. The Morgan fingerprint density at radius 3 is 2.52 bits per heavy atom. The summed E-state index contributed by atoms with van der Waals surface area (Å²) in [5.74, 6) is 6.81. The molecule has 136 valence electrons. The summed E-state index contributed by atoms with van der Waals surface area (Å²) in [6.07, 6.45) is 6.71. The quantitative estimate of drug-likeness (QED) is 0.839. The second-order valence-corrected chi connectivity index (χ2v) is 7.79. The maximum atomic E-state index is 11.5. The molecule has 0 spiro atoms. The molecule has 3 nitrogen and oxygen atoms in total. The highest BCUT2D eigenvalue weighted by Gasteiger charge is 2.36. The average Bonchev–Trinajstić information content (AvgIpc) is 2.63. The fraction of sp³-hybridized carbons (Fsp3) is 0.636.